The van der Waals surface area contributed by atoms with Crippen molar-refractivity contribution in [1.29, 1.82) is 0 Å². The fourth-order valence-electron chi connectivity index (χ4n) is 3.16. The van der Waals surface area contributed by atoms with Crippen LogP contribution in [0.4, 0.5) is 4.39 Å². The van der Waals surface area contributed by atoms with Gasteiger partial charge in [-0.2, -0.15) is 0 Å². The second-order valence-corrected chi connectivity index (χ2v) is 6.43. The van der Waals surface area contributed by atoms with Gasteiger partial charge in [0.1, 0.15) is 5.82 Å². The molecule has 4 nitrogen and oxygen atoms in total. The Bertz CT molecular complexity index is 670. The number of nitrogens with zero attached hydrogens (tertiary/aromatic N) is 1. The molecule has 1 aromatic carbocycles. The van der Waals surface area contributed by atoms with E-state index in [9.17, 15) is 9.18 Å². The van der Waals surface area contributed by atoms with Gasteiger partial charge in [0.2, 0.25) is 5.91 Å². The molecule has 1 aliphatic heterocycles. The zero-order valence-electron chi connectivity index (χ0n) is 14.2. The van der Waals surface area contributed by atoms with Crippen LogP contribution in [0.15, 0.2) is 48.8 Å². The SMILES string of the molecule is O=C(CCC1CCOCC1)NC(c1ccc(F)cc1)c1cccnc1. The topological polar surface area (TPSA) is 51.2 Å². The van der Waals surface area contributed by atoms with Crippen LogP contribution in [0.1, 0.15) is 42.9 Å². The zero-order chi connectivity index (χ0) is 17.5. The molecule has 0 radical (unpaired) electrons. The molecule has 25 heavy (non-hydrogen) atoms. The van der Waals surface area contributed by atoms with Crippen molar-refractivity contribution in [3.8, 4) is 0 Å². The molecule has 2 heterocycles. The first kappa shape index (κ1) is 17.5. The Kier molecular flexibility index (Phi) is 6.12. The largest absolute Gasteiger partial charge is 0.381 e. The first-order chi connectivity index (χ1) is 12.2. The van der Waals surface area contributed by atoms with E-state index in [0.717, 1.165) is 43.6 Å². The standard InChI is InChI=1S/C20H23FN2O2/c21-18-6-4-16(5-7-18)20(17-2-1-11-22-14-17)23-19(24)8-3-15-9-12-25-13-10-15/h1-2,4-7,11,14-15,20H,3,8-10,12-13H2,(H,23,24). The zero-order valence-corrected chi connectivity index (χ0v) is 14.2. The van der Waals surface area contributed by atoms with Gasteiger partial charge in [-0.05, 0) is 54.5 Å². The number of carbonyl (C=O) groups is 1. The van der Waals surface area contributed by atoms with Crippen molar-refractivity contribution in [3.05, 3.63) is 65.7 Å². The van der Waals surface area contributed by atoms with Gasteiger partial charge in [-0.1, -0.05) is 18.2 Å². The predicted molar refractivity (Wildman–Crippen MR) is 93.4 cm³/mol. The maximum absolute atomic E-state index is 13.2. The lowest BCUT2D eigenvalue weighted by molar-refractivity contribution is -0.122. The number of amides is 1. The lowest BCUT2D eigenvalue weighted by Gasteiger charge is -2.23. The number of nitrogens with one attached hydrogen (secondary N) is 1. The molecule has 0 spiro atoms. The maximum Gasteiger partial charge on any atom is 0.220 e. The summed E-state index contributed by atoms with van der Waals surface area (Å²) in [6.07, 6.45) is 6.83. The van der Waals surface area contributed by atoms with Crippen LogP contribution in [0.2, 0.25) is 0 Å². The summed E-state index contributed by atoms with van der Waals surface area (Å²) in [6.45, 7) is 1.58. The van der Waals surface area contributed by atoms with E-state index < -0.39 is 0 Å². The highest BCUT2D eigenvalue weighted by Crippen LogP contribution is 2.23. The van der Waals surface area contributed by atoms with E-state index in [1.54, 1.807) is 24.5 Å². The Morgan fingerprint density at radius 3 is 2.64 bits per heavy atom. The number of hydrogen-bond donors (Lipinski definition) is 1. The van der Waals surface area contributed by atoms with Crippen molar-refractivity contribution in [2.75, 3.05) is 13.2 Å². The summed E-state index contributed by atoms with van der Waals surface area (Å²) in [7, 11) is 0. The number of ether oxygens (including phenoxy) is 1. The molecule has 1 aromatic heterocycles. The summed E-state index contributed by atoms with van der Waals surface area (Å²) in [6, 6.07) is 9.65. The third-order valence-corrected chi connectivity index (χ3v) is 4.65. The van der Waals surface area contributed by atoms with Crippen molar-refractivity contribution in [2.45, 2.75) is 31.7 Å². The first-order valence-corrected chi connectivity index (χ1v) is 8.75. The fraction of sp³-hybridized carbons (Fsp3) is 0.400. The number of benzene rings is 1. The smallest absolute Gasteiger partial charge is 0.220 e. The molecule has 1 amide bonds. The molecular formula is C20H23FN2O2. The van der Waals surface area contributed by atoms with E-state index in [2.05, 4.69) is 10.3 Å². The average Bonchev–Trinajstić information content (AvgIpc) is 2.67. The number of pyridine rings is 1. The molecule has 2 aromatic rings. The summed E-state index contributed by atoms with van der Waals surface area (Å²) in [4.78, 5) is 16.6. The minimum atomic E-state index is -0.323. The number of halogens is 1. The third-order valence-electron chi connectivity index (χ3n) is 4.65. The van der Waals surface area contributed by atoms with Crippen molar-refractivity contribution in [3.63, 3.8) is 0 Å². The molecule has 0 aliphatic carbocycles. The summed E-state index contributed by atoms with van der Waals surface area (Å²) in [5.41, 5.74) is 1.72. The van der Waals surface area contributed by atoms with Crippen molar-refractivity contribution in [2.24, 2.45) is 5.92 Å². The second-order valence-electron chi connectivity index (χ2n) is 6.43. The quantitative estimate of drug-likeness (QED) is 0.872. The molecule has 5 heteroatoms. The molecule has 1 atom stereocenters. The van der Waals surface area contributed by atoms with Crippen LogP contribution in [0, 0.1) is 11.7 Å². The van der Waals surface area contributed by atoms with Crippen LogP contribution in [0.3, 0.4) is 0 Å². The van der Waals surface area contributed by atoms with Crippen LogP contribution in [-0.4, -0.2) is 24.1 Å². The summed E-state index contributed by atoms with van der Waals surface area (Å²) >= 11 is 0. The number of carbonyl (C=O) groups excluding carboxylic acids is 1. The number of rotatable bonds is 6. The van der Waals surface area contributed by atoms with E-state index in [4.69, 9.17) is 4.74 Å². The Hall–Kier alpha value is -2.27. The third kappa shape index (κ3) is 5.10. The Morgan fingerprint density at radius 1 is 1.20 bits per heavy atom. The van der Waals surface area contributed by atoms with Crippen LogP contribution in [0.5, 0.6) is 0 Å². The highest BCUT2D eigenvalue weighted by atomic mass is 19.1. The van der Waals surface area contributed by atoms with E-state index >= 15 is 0 Å². The van der Waals surface area contributed by atoms with Gasteiger partial charge in [0.15, 0.2) is 0 Å². The van der Waals surface area contributed by atoms with Crippen LogP contribution < -0.4 is 5.32 Å². The number of aromatic nitrogens is 1. The molecule has 3 rings (SSSR count). The van der Waals surface area contributed by atoms with Crippen molar-refractivity contribution >= 4 is 5.91 Å². The highest BCUT2D eigenvalue weighted by Gasteiger charge is 2.19. The van der Waals surface area contributed by atoms with Crippen LogP contribution >= 0.6 is 0 Å². The molecule has 0 saturated carbocycles. The van der Waals surface area contributed by atoms with Gasteiger partial charge >= 0.3 is 0 Å². The monoisotopic (exact) mass is 342 g/mol. The lowest BCUT2D eigenvalue weighted by Crippen LogP contribution is -2.30. The minimum absolute atomic E-state index is 0.00432. The van der Waals surface area contributed by atoms with Crippen LogP contribution in [-0.2, 0) is 9.53 Å². The molecule has 1 unspecified atom stereocenters. The number of hydrogen-bond acceptors (Lipinski definition) is 3. The predicted octanol–water partition coefficient (Wildman–Crippen LogP) is 3.63. The molecule has 1 N–H and O–H groups in total. The lowest BCUT2D eigenvalue weighted by atomic mass is 9.94. The average molecular weight is 342 g/mol. The summed E-state index contributed by atoms with van der Waals surface area (Å²) in [5.74, 6) is 0.270. The van der Waals surface area contributed by atoms with Crippen molar-refractivity contribution in [1.82, 2.24) is 10.3 Å². The summed E-state index contributed by atoms with van der Waals surface area (Å²) < 4.78 is 18.6. The first-order valence-electron chi connectivity index (χ1n) is 8.75. The summed E-state index contributed by atoms with van der Waals surface area (Å²) in [5, 5.41) is 3.08. The van der Waals surface area contributed by atoms with E-state index in [-0.39, 0.29) is 17.8 Å². The molecule has 0 bridgehead atoms. The Morgan fingerprint density at radius 2 is 1.96 bits per heavy atom. The minimum Gasteiger partial charge on any atom is -0.381 e. The van der Waals surface area contributed by atoms with Crippen LogP contribution in [0.25, 0.3) is 0 Å². The second kappa shape index (κ2) is 8.72. The van der Waals surface area contributed by atoms with E-state index in [0.29, 0.717) is 12.3 Å². The van der Waals surface area contributed by atoms with Gasteiger partial charge in [-0.25, -0.2) is 4.39 Å². The molecule has 1 fully saturated rings. The van der Waals surface area contributed by atoms with Gasteiger partial charge in [-0.3, -0.25) is 9.78 Å². The van der Waals surface area contributed by atoms with Gasteiger partial charge in [-0.15, -0.1) is 0 Å². The van der Waals surface area contributed by atoms with E-state index in [1.807, 2.05) is 12.1 Å². The Labute approximate surface area is 147 Å². The normalized spacial score (nSPS) is 16.4. The fourth-order valence-corrected chi connectivity index (χ4v) is 3.16. The van der Waals surface area contributed by atoms with Gasteiger partial charge < -0.3 is 10.1 Å². The van der Waals surface area contributed by atoms with Crippen molar-refractivity contribution < 1.29 is 13.9 Å². The van der Waals surface area contributed by atoms with Gasteiger partial charge in [0, 0.05) is 32.0 Å². The molecule has 132 valence electrons. The Balaban J connectivity index is 1.66. The van der Waals surface area contributed by atoms with E-state index in [1.165, 1.54) is 12.1 Å². The maximum atomic E-state index is 13.2. The molecular weight excluding hydrogens is 319 g/mol. The van der Waals surface area contributed by atoms with Gasteiger partial charge in [0.05, 0.1) is 6.04 Å². The molecule has 1 saturated heterocycles. The molecule has 1 aliphatic rings. The van der Waals surface area contributed by atoms with Gasteiger partial charge in [0.25, 0.3) is 0 Å². The highest BCUT2D eigenvalue weighted by molar-refractivity contribution is 5.77.